The molecule has 0 N–H and O–H groups in total. The van der Waals surface area contributed by atoms with Gasteiger partial charge in [0.05, 0.1) is 32.9 Å². The van der Waals surface area contributed by atoms with Crippen LogP contribution in [0.15, 0.2) is 81.4 Å². The molecule has 1 saturated heterocycles. The minimum absolute atomic E-state index is 0.0252. The minimum Gasteiger partial charge on any atom is -0.268 e. The summed E-state index contributed by atoms with van der Waals surface area (Å²) in [5, 5.41) is 21.0. The van der Waals surface area contributed by atoms with Gasteiger partial charge in [0.2, 0.25) is 0 Å². The Labute approximate surface area is 208 Å². The maximum Gasteiger partial charge on any atom is 0.293 e. The highest BCUT2D eigenvalue weighted by Gasteiger charge is 2.35. The Hall–Kier alpha value is -3.58. The highest BCUT2D eigenvalue weighted by atomic mass is 35.5. The Morgan fingerprint density at radius 2 is 1.85 bits per heavy atom. The van der Waals surface area contributed by atoms with Crippen molar-refractivity contribution in [2.45, 2.75) is 16.3 Å². The van der Waals surface area contributed by atoms with Crippen LogP contribution in [0, 0.1) is 21.4 Å². The second-order valence-electron chi connectivity index (χ2n) is 7.08. The molecule has 0 radical (unpaired) electrons. The molecule has 0 unspecified atom stereocenters. The summed E-state index contributed by atoms with van der Waals surface area (Å²) in [5.41, 5.74) is 1.26. The molecular weight excluding hydrogens is 494 g/mol. The van der Waals surface area contributed by atoms with Crippen LogP contribution in [0.4, 0.5) is 10.5 Å². The third kappa shape index (κ3) is 5.15. The lowest BCUT2D eigenvalue weighted by molar-refractivity contribution is -0.387. The summed E-state index contributed by atoms with van der Waals surface area (Å²) < 4.78 is 0. The number of nitro groups is 1. The van der Waals surface area contributed by atoms with Crippen molar-refractivity contribution < 1.29 is 14.5 Å². The lowest BCUT2D eigenvalue weighted by atomic mass is 10.1. The van der Waals surface area contributed by atoms with Gasteiger partial charge in [0.15, 0.2) is 0 Å². The molecule has 7 nitrogen and oxygen atoms in total. The van der Waals surface area contributed by atoms with Crippen LogP contribution in [0.2, 0.25) is 5.02 Å². The van der Waals surface area contributed by atoms with Gasteiger partial charge in [0.1, 0.15) is 0 Å². The molecule has 3 aromatic rings. The number of carbonyl (C=O) groups is 2. The first kappa shape index (κ1) is 23.6. The van der Waals surface area contributed by atoms with Crippen molar-refractivity contribution in [2.24, 2.45) is 0 Å². The molecule has 0 aliphatic carbocycles. The van der Waals surface area contributed by atoms with Crippen molar-refractivity contribution in [2.75, 3.05) is 0 Å². The monoisotopic (exact) mass is 507 g/mol. The average molecular weight is 508 g/mol. The summed E-state index contributed by atoms with van der Waals surface area (Å²) in [6.07, 6.45) is 1.46. The molecule has 0 aromatic heterocycles. The predicted octanol–water partition coefficient (Wildman–Crippen LogP) is 6.51. The number of halogens is 1. The molecule has 4 rings (SSSR count). The van der Waals surface area contributed by atoms with E-state index in [2.05, 4.69) is 0 Å². The van der Waals surface area contributed by atoms with E-state index in [0.29, 0.717) is 26.6 Å². The Bertz CT molecular complexity index is 1380. The summed E-state index contributed by atoms with van der Waals surface area (Å²) in [5.74, 6) is -0.509. The Balaban J connectivity index is 1.58. The lowest BCUT2D eigenvalue weighted by Gasteiger charge is -2.13. The summed E-state index contributed by atoms with van der Waals surface area (Å²) in [7, 11) is 0. The number of imide groups is 1. The molecule has 0 atom stereocenters. The minimum atomic E-state index is -0.509. The lowest BCUT2D eigenvalue weighted by Crippen LogP contribution is -2.27. The SMILES string of the molecule is N#Cc1ccccc1CN1C(=O)S/C(=C\c2ccc(Sc3ccc(Cl)cc3)c([N+](=O)[O-])c2)C1=O. The third-order valence-electron chi connectivity index (χ3n) is 4.86. The van der Waals surface area contributed by atoms with Gasteiger partial charge in [-0.2, -0.15) is 5.26 Å². The Morgan fingerprint density at radius 1 is 1.12 bits per heavy atom. The van der Waals surface area contributed by atoms with E-state index >= 15 is 0 Å². The number of carbonyl (C=O) groups excluding carboxylic acids is 2. The van der Waals surface area contributed by atoms with Crippen LogP contribution in [0.3, 0.4) is 0 Å². The molecule has 1 fully saturated rings. The van der Waals surface area contributed by atoms with Gasteiger partial charge in [-0.25, -0.2) is 0 Å². The third-order valence-corrected chi connectivity index (χ3v) is 7.09. The van der Waals surface area contributed by atoms with E-state index in [-0.39, 0.29) is 17.1 Å². The zero-order chi connectivity index (χ0) is 24.2. The average Bonchev–Trinajstić information content (AvgIpc) is 3.09. The molecule has 1 heterocycles. The smallest absolute Gasteiger partial charge is 0.268 e. The fraction of sp³-hybridized carbons (Fsp3) is 0.0417. The molecule has 0 bridgehead atoms. The highest BCUT2D eigenvalue weighted by molar-refractivity contribution is 8.18. The summed E-state index contributed by atoms with van der Waals surface area (Å²) in [6.45, 7) is -0.0252. The molecule has 10 heteroatoms. The quantitative estimate of drug-likeness (QED) is 0.213. The molecule has 168 valence electrons. The molecule has 34 heavy (non-hydrogen) atoms. The van der Waals surface area contributed by atoms with Crippen molar-refractivity contribution in [1.82, 2.24) is 4.90 Å². The number of hydrogen-bond donors (Lipinski definition) is 0. The van der Waals surface area contributed by atoms with Gasteiger partial charge in [0, 0.05) is 16.0 Å². The first-order chi connectivity index (χ1) is 16.4. The van der Waals surface area contributed by atoms with E-state index in [1.807, 2.05) is 6.07 Å². The summed E-state index contributed by atoms with van der Waals surface area (Å²) in [4.78, 5) is 39.0. The fourth-order valence-electron chi connectivity index (χ4n) is 3.21. The number of amides is 2. The van der Waals surface area contributed by atoms with Crippen molar-refractivity contribution in [3.05, 3.63) is 103 Å². The van der Waals surface area contributed by atoms with Gasteiger partial charge >= 0.3 is 0 Å². The van der Waals surface area contributed by atoms with Crippen molar-refractivity contribution in [3.8, 4) is 6.07 Å². The van der Waals surface area contributed by atoms with Gasteiger partial charge in [-0.05, 0) is 65.4 Å². The van der Waals surface area contributed by atoms with E-state index < -0.39 is 16.1 Å². The second-order valence-corrected chi connectivity index (χ2v) is 9.62. The molecule has 3 aromatic carbocycles. The zero-order valence-electron chi connectivity index (χ0n) is 17.3. The molecule has 0 saturated carbocycles. The van der Waals surface area contributed by atoms with Gasteiger partial charge in [0.25, 0.3) is 16.8 Å². The first-order valence-corrected chi connectivity index (χ1v) is 11.8. The van der Waals surface area contributed by atoms with E-state index in [1.165, 1.54) is 23.9 Å². The molecule has 1 aliphatic heterocycles. The van der Waals surface area contributed by atoms with E-state index in [9.17, 15) is 25.0 Å². The topological polar surface area (TPSA) is 104 Å². The van der Waals surface area contributed by atoms with Crippen LogP contribution in [0.1, 0.15) is 16.7 Å². The normalized spacial score (nSPS) is 14.5. The van der Waals surface area contributed by atoms with Crippen LogP contribution < -0.4 is 0 Å². The number of nitro benzene ring substituents is 1. The molecular formula is C24H14ClN3O4S2. The standard InChI is InChI=1S/C24H14ClN3O4S2/c25-18-6-8-19(9-7-18)33-21-10-5-15(11-20(21)28(31)32)12-22-23(29)27(24(30)34-22)14-17-4-2-1-3-16(17)13-26/h1-12H,14H2/b22-12-. The van der Waals surface area contributed by atoms with E-state index in [4.69, 9.17) is 11.6 Å². The highest BCUT2D eigenvalue weighted by Crippen LogP contribution is 2.38. The number of benzene rings is 3. The number of rotatable bonds is 6. The number of thioether (sulfide) groups is 1. The summed E-state index contributed by atoms with van der Waals surface area (Å²) in [6, 6.07) is 20.4. The van der Waals surface area contributed by atoms with Crippen LogP contribution >= 0.6 is 35.1 Å². The van der Waals surface area contributed by atoms with Gasteiger partial charge in [-0.3, -0.25) is 24.6 Å². The van der Waals surface area contributed by atoms with Crippen molar-refractivity contribution in [3.63, 3.8) is 0 Å². The Kier molecular flexibility index (Phi) is 7.03. The van der Waals surface area contributed by atoms with Crippen LogP contribution in [-0.2, 0) is 11.3 Å². The predicted molar refractivity (Wildman–Crippen MR) is 131 cm³/mol. The van der Waals surface area contributed by atoms with Crippen LogP contribution in [0.5, 0.6) is 0 Å². The van der Waals surface area contributed by atoms with E-state index in [1.54, 1.807) is 60.7 Å². The number of hydrogen-bond acceptors (Lipinski definition) is 7. The van der Waals surface area contributed by atoms with E-state index in [0.717, 1.165) is 21.6 Å². The zero-order valence-corrected chi connectivity index (χ0v) is 19.7. The second kappa shape index (κ2) is 10.1. The van der Waals surface area contributed by atoms with Crippen molar-refractivity contribution in [1.29, 1.82) is 5.26 Å². The maximum absolute atomic E-state index is 12.9. The molecule has 1 aliphatic rings. The van der Waals surface area contributed by atoms with Gasteiger partial charge in [-0.1, -0.05) is 47.6 Å². The first-order valence-electron chi connectivity index (χ1n) is 9.81. The maximum atomic E-state index is 12.9. The van der Waals surface area contributed by atoms with Gasteiger partial charge < -0.3 is 0 Å². The van der Waals surface area contributed by atoms with Crippen molar-refractivity contribution >= 4 is 58.0 Å². The largest absolute Gasteiger partial charge is 0.293 e. The van der Waals surface area contributed by atoms with Crippen LogP contribution in [0.25, 0.3) is 6.08 Å². The number of nitriles is 1. The van der Waals surface area contributed by atoms with Crippen LogP contribution in [-0.4, -0.2) is 21.0 Å². The van der Waals surface area contributed by atoms with Gasteiger partial charge in [-0.15, -0.1) is 0 Å². The fourth-order valence-corrected chi connectivity index (χ4v) is 5.07. The molecule has 2 amide bonds. The Morgan fingerprint density at radius 3 is 2.56 bits per heavy atom. The number of nitrogens with zero attached hydrogens (tertiary/aromatic N) is 3. The summed E-state index contributed by atoms with van der Waals surface area (Å²) >= 11 is 7.88. The molecule has 0 spiro atoms.